The normalized spacial score (nSPS) is 21.3. The van der Waals surface area contributed by atoms with Crippen LogP contribution in [0.5, 0.6) is 11.5 Å². The largest absolute Gasteiger partial charge is 0.493 e. The lowest BCUT2D eigenvalue weighted by molar-refractivity contribution is -0.137. The number of aromatic nitrogens is 1. The number of likely N-dealkylation sites (tertiary alicyclic amines) is 2. The van der Waals surface area contributed by atoms with E-state index in [0.29, 0.717) is 68.1 Å². The molecule has 2 saturated heterocycles. The van der Waals surface area contributed by atoms with Crippen molar-refractivity contribution in [2.75, 3.05) is 40.5 Å². The molecule has 0 bridgehead atoms. The topological polar surface area (TPSA) is 175 Å². The van der Waals surface area contributed by atoms with Gasteiger partial charge in [-0.25, -0.2) is 14.0 Å². The third-order valence-corrected chi connectivity index (χ3v) is 15.0. The van der Waals surface area contributed by atoms with Crippen molar-refractivity contribution in [1.29, 1.82) is 0 Å². The summed E-state index contributed by atoms with van der Waals surface area (Å²) in [6.07, 6.45) is 6.91. The van der Waals surface area contributed by atoms with Crippen LogP contribution in [-0.4, -0.2) is 121 Å². The van der Waals surface area contributed by atoms with Crippen molar-refractivity contribution in [2.24, 2.45) is 15.9 Å². The zero-order valence-corrected chi connectivity index (χ0v) is 41.7. The lowest BCUT2D eigenvalue weighted by Gasteiger charge is -2.32. The smallest absolute Gasteiger partial charge is 0.407 e. The summed E-state index contributed by atoms with van der Waals surface area (Å²) in [5, 5.41) is 6.30. The number of hydrogen-bond donors (Lipinski definition) is 2. The summed E-state index contributed by atoms with van der Waals surface area (Å²) < 4.78 is 47.7. The molecule has 0 radical (unpaired) electrons. The van der Waals surface area contributed by atoms with Crippen LogP contribution in [0, 0.1) is 11.7 Å². The van der Waals surface area contributed by atoms with E-state index in [1.807, 2.05) is 50.1 Å². The van der Waals surface area contributed by atoms with Crippen molar-refractivity contribution in [3.63, 3.8) is 0 Å². The molecule has 378 valence electrons. The molecule has 6 atom stereocenters. The van der Waals surface area contributed by atoms with Gasteiger partial charge in [-0.3, -0.25) is 19.6 Å². The molecular weight excluding hydrogens is 922 g/mol. The van der Waals surface area contributed by atoms with E-state index in [1.165, 1.54) is 14.2 Å². The van der Waals surface area contributed by atoms with Gasteiger partial charge < -0.3 is 48.7 Å². The van der Waals surface area contributed by atoms with E-state index in [2.05, 4.69) is 45.5 Å². The first-order valence-corrected chi connectivity index (χ1v) is 25.2. The van der Waals surface area contributed by atoms with E-state index >= 15 is 4.39 Å². The second-order valence-corrected chi connectivity index (χ2v) is 19.7. The minimum atomic E-state index is -0.952. The van der Waals surface area contributed by atoms with Crippen LogP contribution in [0.1, 0.15) is 101 Å². The predicted octanol–water partition coefficient (Wildman–Crippen LogP) is 8.60. The van der Waals surface area contributed by atoms with Crippen LogP contribution < -0.4 is 20.1 Å². The van der Waals surface area contributed by atoms with Crippen molar-refractivity contribution in [3.05, 3.63) is 95.1 Å². The molecule has 16 nitrogen and oxygen atoms in total. The summed E-state index contributed by atoms with van der Waals surface area (Å²) in [5.74, 6) is 0.213. The number of nitrogens with one attached hydrogen (secondary N) is 2. The number of amides is 4. The maximum Gasteiger partial charge on any atom is 0.407 e. The monoisotopic (exact) mass is 983 g/mol. The second kappa shape index (κ2) is 20.2. The Morgan fingerprint density at radius 2 is 1.43 bits per heavy atom. The van der Waals surface area contributed by atoms with Crippen LogP contribution in [-0.2, 0) is 30.2 Å². The van der Waals surface area contributed by atoms with Gasteiger partial charge in [-0.1, -0.05) is 32.0 Å². The van der Waals surface area contributed by atoms with Crippen LogP contribution >= 0.6 is 0 Å². The van der Waals surface area contributed by atoms with Gasteiger partial charge in [0.15, 0.2) is 0 Å². The molecule has 10 rings (SSSR count). The van der Waals surface area contributed by atoms with Crippen LogP contribution in [0.2, 0.25) is 0 Å². The first kappa shape index (κ1) is 48.6. The number of methoxy groups -OCH3 is 2. The number of benzene rings is 3. The number of ether oxygens (including phenoxy) is 5. The van der Waals surface area contributed by atoms with E-state index in [4.69, 9.17) is 33.7 Å². The van der Waals surface area contributed by atoms with Gasteiger partial charge in [-0.05, 0) is 123 Å². The van der Waals surface area contributed by atoms with E-state index in [0.717, 1.165) is 88.0 Å². The first-order chi connectivity index (χ1) is 34.8. The molecule has 3 aromatic carbocycles. The van der Waals surface area contributed by atoms with Gasteiger partial charge in [-0.15, -0.1) is 0 Å². The zero-order valence-electron chi connectivity index (χ0n) is 41.7. The second-order valence-electron chi connectivity index (χ2n) is 19.7. The number of rotatable bonds is 13. The fourth-order valence-corrected chi connectivity index (χ4v) is 11.3. The minimum absolute atomic E-state index is 0.138. The summed E-state index contributed by atoms with van der Waals surface area (Å²) in [4.78, 5) is 65.7. The summed E-state index contributed by atoms with van der Waals surface area (Å²) in [7, 11) is 2.54. The highest BCUT2D eigenvalue weighted by atomic mass is 19.1. The molecule has 4 aromatic rings. The number of alkyl carbamates (subject to hydrolysis) is 2. The predicted molar refractivity (Wildman–Crippen MR) is 270 cm³/mol. The zero-order chi connectivity index (χ0) is 50.4. The molecular formula is C55H62FN7O9. The van der Waals surface area contributed by atoms with Gasteiger partial charge in [0.1, 0.15) is 29.4 Å². The van der Waals surface area contributed by atoms with Gasteiger partial charge in [0.2, 0.25) is 18.0 Å². The number of allylic oxidation sites excluding steroid dienone is 2. The van der Waals surface area contributed by atoms with Gasteiger partial charge in [0, 0.05) is 67.3 Å². The Morgan fingerprint density at radius 3 is 2.08 bits per heavy atom. The molecule has 72 heavy (non-hydrogen) atoms. The van der Waals surface area contributed by atoms with Crippen LogP contribution in [0.25, 0.3) is 33.3 Å². The maximum atomic E-state index is 17.1. The summed E-state index contributed by atoms with van der Waals surface area (Å²) in [6, 6.07) is 15.7. The number of halogens is 1. The number of fused-ring (bicyclic) bond motifs is 6. The molecule has 6 aliphatic rings. The number of nitrogens with zero attached hydrogens (tertiary/aromatic N) is 5. The lowest BCUT2D eigenvalue weighted by atomic mass is 9.95. The van der Waals surface area contributed by atoms with Crippen LogP contribution in [0.3, 0.4) is 0 Å². The third-order valence-electron chi connectivity index (χ3n) is 15.0. The van der Waals surface area contributed by atoms with Crippen molar-refractivity contribution in [1.82, 2.24) is 25.0 Å². The average Bonchev–Trinajstić information content (AvgIpc) is 4.25. The highest BCUT2D eigenvalue weighted by Gasteiger charge is 2.42. The average molecular weight is 984 g/mol. The number of aryl methyl sites for hydroxylation is 1. The highest BCUT2D eigenvalue weighted by molar-refractivity contribution is 6.06. The van der Waals surface area contributed by atoms with Gasteiger partial charge in [-0.2, -0.15) is 0 Å². The number of carbonyl (C=O) groups excluding carboxylic acids is 4. The molecule has 17 heteroatoms. The Balaban J connectivity index is 0.926. The molecule has 4 amide bonds. The highest BCUT2D eigenvalue weighted by Crippen LogP contribution is 2.48. The van der Waals surface area contributed by atoms with Gasteiger partial charge in [0.05, 0.1) is 55.8 Å². The molecule has 2 fully saturated rings. The Hall–Kier alpha value is -7.01. The third kappa shape index (κ3) is 9.11. The summed E-state index contributed by atoms with van der Waals surface area (Å²) in [6.45, 7) is 9.46. The Kier molecular flexibility index (Phi) is 13.7. The minimum Gasteiger partial charge on any atom is -0.493 e. The van der Waals surface area contributed by atoms with E-state index in [1.54, 1.807) is 24.1 Å². The Bertz CT molecular complexity index is 2960. The van der Waals surface area contributed by atoms with Crippen molar-refractivity contribution in [2.45, 2.75) is 116 Å². The molecule has 7 heterocycles. The van der Waals surface area contributed by atoms with E-state index < -0.39 is 42.4 Å². The van der Waals surface area contributed by atoms with Crippen molar-refractivity contribution < 1.29 is 47.3 Å². The number of aliphatic imine (C=N–C) groups is 2. The SMILES string of the molecule is CCO[C@H](C)[C@H](NC(=O)OC)C(=O)N1CCC[C@H]1C1=NC=C(c2cc(F)c3c(c2)OC(c2ccc4c(c2)OCCC4)n2c-3cc3cc(C4=CN=C([C@@H]5CCCN5C(=O)[C@@H](NC(=O)OC)C(C)C)C4)ccc32)C1. The quantitative estimate of drug-likeness (QED) is 0.133. The standard InChI is InChI=1S/C55H62FN7O9/c1-7-70-31(4)50(60-55(67)69-6)52(65)62-19-9-13-44(62)41-24-38(29-58-41)35-22-39(56)48-45-25-36-21-33(37-23-40(57-28-37)43-12-8-18-61(43)51(64)49(30(2)3)59-54(66)68-5)16-17-42(36)63(45)53(72-47(48)27-35)34-15-14-32-11-10-20-71-46(32)26-34/h14-17,21-22,25-31,43-44,49-50,53H,7-13,18-20,23-24H2,1-6H3,(H,59,66)(H,60,67)/t31-,43+,44+,49+,50+,53?/m1/s1. The molecule has 2 N–H and O–H groups in total. The molecule has 0 saturated carbocycles. The summed E-state index contributed by atoms with van der Waals surface area (Å²) >= 11 is 0. The Morgan fingerprint density at radius 1 is 0.778 bits per heavy atom. The van der Waals surface area contributed by atoms with Crippen molar-refractivity contribution >= 4 is 57.5 Å². The van der Waals surface area contributed by atoms with Crippen LogP contribution in [0.4, 0.5) is 14.0 Å². The fourth-order valence-electron chi connectivity index (χ4n) is 11.3. The number of carbonyl (C=O) groups is 4. The fraction of sp³-hybridized carbons (Fsp3) is 0.455. The summed E-state index contributed by atoms with van der Waals surface area (Å²) in [5.41, 5.74) is 8.96. The van der Waals surface area contributed by atoms with E-state index in [9.17, 15) is 19.2 Å². The maximum absolute atomic E-state index is 17.1. The number of hydrogen-bond acceptors (Lipinski definition) is 11. The lowest BCUT2D eigenvalue weighted by Crippen LogP contribution is -2.56. The molecule has 0 aliphatic carbocycles. The van der Waals surface area contributed by atoms with Crippen LogP contribution in [0.15, 0.2) is 77.0 Å². The van der Waals surface area contributed by atoms with Crippen molar-refractivity contribution in [3.8, 4) is 22.8 Å². The van der Waals surface area contributed by atoms with E-state index in [-0.39, 0.29) is 29.8 Å². The molecule has 1 unspecified atom stereocenters. The molecule has 1 aromatic heterocycles. The van der Waals surface area contributed by atoms with Gasteiger partial charge in [0.25, 0.3) is 0 Å². The van der Waals surface area contributed by atoms with Gasteiger partial charge >= 0.3 is 12.2 Å². The molecule has 0 spiro atoms. The molecule has 6 aliphatic heterocycles. The Labute approximate surface area is 418 Å². The first-order valence-electron chi connectivity index (χ1n) is 25.2.